The van der Waals surface area contributed by atoms with E-state index in [2.05, 4.69) is 0 Å². The highest BCUT2D eigenvalue weighted by atomic mass is 16.5. The number of piperidine rings is 1. The Morgan fingerprint density at radius 1 is 1.12 bits per heavy atom. The van der Waals surface area contributed by atoms with E-state index < -0.39 is 0 Å². The lowest BCUT2D eigenvalue weighted by Crippen LogP contribution is -2.49. The molecule has 2 aliphatic rings. The van der Waals surface area contributed by atoms with Gasteiger partial charge < -0.3 is 4.74 Å². The lowest BCUT2D eigenvalue weighted by Gasteiger charge is -2.34. The molecule has 24 heavy (non-hydrogen) atoms. The van der Waals surface area contributed by atoms with Crippen LogP contribution in [0, 0.1) is 0 Å². The normalized spacial score (nSPS) is 21.0. The van der Waals surface area contributed by atoms with E-state index in [-0.39, 0.29) is 23.8 Å². The summed E-state index contributed by atoms with van der Waals surface area (Å²) in [5.74, 6) is -0.708. The fraction of sp³-hybridized carbons (Fsp3) is 0.500. The van der Waals surface area contributed by atoms with E-state index in [0.29, 0.717) is 30.8 Å². The molecule has 1 saturated heterocycles. The van der Waals surface area contributed by atoms with Crippen LogP contribution in [0.5, 0.6) is 0 Å². The second-order valence-corrected chi connectivity index (χ2v) is 6.11. The summed E-state index contributed by atoms with van der Waals surface area (Å²) >= 11 is 0. The predicted octanol–water partition coefficient (Wildman–Crippen LogP) is 1.70. The number of rotatable bonds is 5. The van der Waals surface area contributed by atoms with Crippen LogP contribution in [-0.4, -0.2) is 59.9 Å². The minimum Gasteiger partial charge on any atom is -0.465 e. The molecule has 1 unspecified atom stereocenters. The lowest BCUT2D eigenvalue weighted by molar-refractivity contribution is -0.150. The number of carbonyl (C=O) groups is 3. The van der Waals surface area contributed by atoms with Crippen molar-refractivity contribution in [2.45, 2.75) is 32.2 Å². The molecule has 0 aromatic heterocycles. The molecule has 1 aromatic rings. The maximum atomic E-state index is 12.4. The summed E-state index contributed by atoms with van der Waals surface area (Å²) in [5.41, 5.74) is 0.922. The van der Waals surface area contributed by atoms with E-state index in [1.807, 2.05) is 4.90 Å². The molecular formula is C18H22N2O4. The zero-order chi connectivity index (χ0) is 17.1. The van der Waals surface area contributed by atoms with Crippen molar-refractivity contribution in [3.8, 4) is 0 Å². The smallest absolute Gasteiger partial charge is 0.323 e. The quantitative estimate of drug-likeness (QED) is 0.607. The van der Waals surface area contributed by atoms with Gasteiger partial charge in [-0.25, -0.2) is 0 Å². The highest BCUT2D eigenvalue weighted by molar-refractivity contribution is 6.21. The summed E-state index contributed by atoms with van der Waals surface area (Å²) in [6.45, 7) is 3.73. The van der Waals surface area contributed by atoms with Crippen LogP contribution < -0.4 is 0 Å². The standard InChI is InChI=1S/C18H22N2O4/c1-2-24-18(23)15-9-5-6-10-19(15)11-12-20-16(21)13-7-3-4-8-14(13)17(20)22/h3-4,7-8,15H,2,5-6,9-12H2,1H3. The number of hydrogen-bond acceptors (Lipinski definition) is 5. The van der Waals surface area contributed by atoms with Crippen molar-refractivity contribution in [2.75, 3.05) is 26.2 Å². The molecule has 2 heterocycles. The van der Waals surface area contributed by atoms with E-state index in [1.165, 1.54) is 4.90 Å². The van der Waals surface area contributed by atoms with Crippen molar-refractivity contribution in [3.63, 3.8) is 0 Å². The minimum absolute atomic E-state index is 0.209. The Morgan fingerprint density at radius 3 is 2.42 bits per heavy atom. The van der Waals surface area contributed by atoms with Crippen molar-refractivity contribution >= 4 is 17.8 Å². The molecule has 6 heteroatoms. The van der Waals surface area contributed by atoms with Crippen molar-refractivity contribution in [2.24, 2.45) is 0 Å². The Balaban J connectivity index is 1.66. The molecule has 1 fully saturated rings. The monoisotopic (exact) mass is 330 g/mol. The second kappa shape index (κ2) is 7.13. The molecular weight excluding hydrogens is 308 g/mol. The van der Waals surface area contributed by atoms with E-state index in [1.54, 1.807) is 31.2 Å². The Hall–Kier alpha value is -2.21. The fourth-order valence-electron chi connectivity index (χ4n) is 3.43. The van der Waals surface area contributed by atoms with Gasteiger partial charge in [0.05, 0.1) is 17.7 Å². The van der Waals surface area contributed by atoms with E-state index >= 15 is 0 Å². The van der Waals surface area contributed by atoms with Crippen molar-refractivity contribution in [1.82, 2.24) is 9.80 Å². The highest BCUT2D eigenvalue weighted by Gasteiger charge is 2.36. The molecule has 0 spiro atoms. The largest absolute Gasteiger partial charge is 0.465 e. The van der Waals surface area contributed by atoms with Gasteiger partial charge in [0.15, 0.2) is 0 Å². The maximum absolute atomic E-state index is 12.4. The number of imide groups is 1. The van der Waals surface area contributed by atoms with Gasteiger partial charge in [-0.2, -0.15) is 0 Å². The van der Waals surface area contributed by atoms with Crippen LogP contribution in [0.4, 0.5) is 0 Å². The molecule has 1 aromatic carbocycles. The second-order valence-electron chi connectivity index (χ2n) is 6.11. The van der Waals surface area contributed by atoms with E-state index in [4.69, 9.17) is 4.74 Å². The average molecular weight is 330 g/mol. The van der Waals surface area contributed by atoms with Crippen molar-refractivity contribution in [1.29, 1.82) is 0 Å². The van der Waals surface area contributed by atoms with Crippen LogP contribution >= 0.6 is 0 Å². The number of carbonyl (C=O) groups excluding carboxylic acids is 3. The molecule has 0 N–H and O–H groups in total. The summed E-state index contributed by atoms with van der Waals surface area (Å²) in [6.07, 6.45) is 2.77. The number of benzene rings is 1. The number of amides is 2. The van der Waals surface area contributed by atoms with Crippen LogP contribution in [0.2, 0.25) is 0 Å². The van der Waals surface area contributed by atoms with Gasteiger partial charge >= 0.3 is 5.97 Å². The SMILES string of the molecule is CCOC(=O)C1CCCCN1CCN1C(=O)c2ccccc2C1=O. The van der Waals surface area contributed by atoms with Gasteiger partial charge in [-0.3, -0.25) is 24.2 Å². The molecule has 0 radical (unpaired) electrons. The number of nitrogens with zero attached hydrogens (tertiary/aromatic N) is 2. The number of fused-ring (bicyclic) bond motifs is 1. The Bertz CT molecular complexity index is 623. The van der Waals surface area contributed by atoms with Gasteiger partial charge in [0.1, 0.15) is 6.04 Å². The van der Waals surface area contributed by atoms with Crippen LogP contribution in [0.3, 0.4) is 0 Å². The molecule has 0 bridgehead atoms. The molecule has 0 saturated carbocycles. The summed E-state index contributed by atoms with van der Waals surface area (Å²) < 4.78 is 5.15. The number of esters is 1. The van der Waals surface area contributed by atoms with Gasteiger partial charge in [-0.1, -0.05) is 18.6 Å². The zero-order valence-electron chi connectivity index (χ0n) is 13.9. The third-order valence-electron chi connectivity index (χ3n) is 4.66. The van der Waals surface area contributed by atoms with E-state index in [0.717, 1.165) is 25.8 Å². The maximum Gasteiger partial charge on any atom is 0.323 e. The van der Waals surface area contributed by atoms with Crippen LogP contribution in [0.15, 0.2) is 24.3 Å². The van der Waals surface area contributed by atoms with Crippen LogP contribution in [0.25, 0.3) is 0 Å². The molecule has 2 amide bonds. The molecule has 0 aliphatic carbocycles. The third kappa shape index (κ3) is 3.06. The first-order chi connectivity index (χ1) is 11.6. The van der Waals surface area contributed by atoms with Crippen LogP contribution in [-0.2, 0) is 9.53 Å². The summed E-state index contributed by atoms with van der Waals surface area (Å²) in [4.78, 5) is 40.2. The molecule has 3 rings (SSSR count). The zero-order valence-corrected chi connectivity index (χ0v) is 13.9. The number of ether oxygens (including phenoxy) is 1. The lowest BCUT2D eigenvalue weighted by atomic mass is 10.0. The summed E-state index contributed by atoms with van der Waals surface area (Å²) in [7, 11) is 0. The van der Waals surface area contributed by atoms with Gasteiger partial charge in [-0.05, 0) is 38.4 Å². The Labute approximate surface area is 141 Å². The van der Waals surface area contributed by atoms with Crippen molar-refractivity contribution < 1.29 is 19.1 Å². The van der Waals surface area contributed by atoms with Crippen molar-refractivity contribution in [3.05, 3.63) is 35.4 Å². The molecule has 128 valence electrons. The first-order valence-electron chi connectivity index (χ1n) is 8.49. The van der Waals surface area contributed by atoms with E-state index in [9.17, 15) is 14.4 Å². The van der Waals surface area contributed by atoms with Gasteiger partial charge in [0, 0.05) is 13.1 Å². The first kappa shape index (κ1) is 16.6. The average Bonchev–Trinajstić information content (AvgIpc) is 2.85. The summed E-state index contributed by atoms with van der Waals surface area (Å²) in [6, 6.07) is 6.61. The van der Waals surface area contributed by atoms with Gasteiger partial charge in [-0.15, -0.1) is 0 Å². The molecule has 6 nitrogen and oxygen atoms in total. The Morgan fingerprint density at radius 2 is 1.79 bits per heavy atom. The predicted molar refractivity (Wildman–Crippen MR) is 87.7 cm³/mol. The Kier molecular flexibility index (Phi) is 4.94. The molecule has 1 atom stereocenters. The highest BCUT2D eigenvalue weighted by Crippen LogP contribution is 2.23. The summed E-state index contributed by atoms with van der Waals surface area (Å²) in [5, 5.41) is 0. The molecule has 2 aliphatic heterocycles. The fourth-order valence-corrected chi connectivity index (χ4v) is 3.43. The minimum atomic E-state index is -0.270. The first-order valence-corrected chi connectivity index (χ1v) is 8.49. The topological polar surface area (TPSA) is 66.9 Å². The number of hydrogen-bond donors (Lipinski definition) is 0. The van der Waals surface area contributed by atoms with Gasteiger partial charge in [0.2, 0.25) is 0 Å². The van der Waals surface area contributed by atoms with Crippen LogP contribution in [0.1, 0.15) is 46.9 Å². The third-order valence-corrected chi connectivity index (χ3v) is 4.66. The van der Waals surface area contributed by atoms with Gasteiger partial charge in [0.25, 0.3) is 11.8 Å². The number of likely N-dealkylation sites (tertiary alicyclic amines) is 1.